The van der Waals surface area contributed by atoms with Crippen molar-refractivity contribution >= 4 is 58.0 Å². The van der Waals surface area contributed by atoms with Gasteiger partial charge in [-0.3, -0.25) is 9.69 Å². The SMILES string of the molecule is CSCC[C@H](C(=O)[O-])N1C(=O)/C(=C\c2cc(C)c(O)c(C)c2)SC1=S. The number of aromatic hydroxyl groups is 1. The first kappa shape index (κ1) is 19.8. The van der Waals surface area contributed by atoms with Crippen LogP contribution in [0.3, 0.4) is 0 Å². The zero-order valence-electron chi connectivity index (χ0n) is 14.1. The Labute approximate surface area is 160 Å². The highest BCUT2D eigenvalue weighted by Crippen LogP contribution is 2.35. The van der Waals surface area contributed by atoms with E-state index in [2.05, 4.69) is 0 Å². The number of thiocarbonyl (C=S) groups is 1. The summed E-state index contributed by atoms with van der Waals surface area (Å²) < 4.78 is 0.221. The van der Waals surface area contributed by atoms with Gasteiger partial charge < -0.3 is 15.0 Å². The fourth-order valence-corrected chi connectivity index (χ4v) is 4.37. The predicted molar refractivity (Wildman–Crippen MR) is 104 cm³/mol. The smallest absolute Gasteiger partial charge is 0.266 e. The highest BCUT2D eigenvalue weighted by Gasteiger charge is 2.37. The van der Waals surface area contributed by atoms with Crippen LogP contribution in [0.2, 0.25) is 0 Å². The topological polar surface area (TPSA) is 80.7 Å². The molecule has 25 heavy (non-hydrogen) atoms. The number of thioether (sulfide) groups is 2. The van der Waals surface area contributed by atoms with Crippen LogP contribution in [-0.4, -0.2) is 44.3 Å². The number of carbonyl (C=O) groups excluding carboxylic acids is 2. The van der Waals surface area contributed by atoms with Crippen LogP contribution < -0.4 is 5.11 Å². The Morgan fingerprint density at radius 1 is 1.44 bits per heavy atom. The lowest BCUT2D eigenvalue weighted by Crippen LogP contribution is -2.50. The Morgan fingerprint density at radius 2 is 2.04 bits per heavy atom. The predicted octanol–water partition coefficient (Wildman–Crippen LogP) is 2.08. The lowest BCUT2D eigenvalue weighted by atomic mass is 10.1. The maximum atomic E-state index is 12.7. The minimum Gasteiger partial charge on any atom is -0.548 e. The first-order chi connectivity index (χ1) is 11.8. The molecule has 0 saturated carbocycles. The number of hydrogen-bond acceptors (Lipinski definition) is 7. The van der Waals surface area contributed by atoms with Gasteiger partial charge in [-0.25, -0.2) is 0 Å². The zero-order chi connectivity index (χ0) is 18.7. The number of phenolic OH excluding ortho intramolecular Hbond substituents is 1. The number of rotatable bonds is 6. The van der Waals surface area contributed by atoms with Gasteiger partial charge in [0, 0.05) is 0 Å². The summed E-state index contributed by atoms with van der Waals surface area (Å²) in [5.74, 6) is -0.916. The molecule has 1 N–H and O–H groups in total. The van der Waals surface area contributed by atoms with Crippen LogP contribution in [-0.2, 0) is 9.59 Å². The van der Waals surface area contributed by atoms with Gasteiger partial charge in [0.1, 0.15) is 10.1 Å². The van der Waals surface area contributed by atoms with Crippen molar-refractivity contribution in [3.05, 3.63) is 33.7 Å². The molecule has 8 heteroatoms. The Morgan fingerprint density at radius 3 is 2.56 bits per heavy atom. The van der Waals surface area contributed by atoms with Crippen LogP contribution >= 0.6 is 35.7 Å². The van der Waals surface area contributed by atoms with E-state index >= 15 is 0 Å². The molecule has 134 valence electrons. The number of phenols is 1. The molecule has 2 rings (SSSR count). The Bertz CT molecular complexity index is 737. The van der Waals surface area contributed by atoms with E-state index in [0.29, 0.717) is 21.8 Å². The monoisotopic (exact) mass is 396 g/mol. The molecule has 0 aliphatic carbocycles. The van der Waals surface area contributed by atoms with Crippen LogP contribution in [0.15, 0.2) is 17.0 Å². The van der Waals surface area contributed by atoms with Crippen molar-refractivity contribution in [2.75, 3.05) is 12.0 Å². The Hall–Kier alpha value is -1.51. The van der Waals surface area contributed by atoms with Gasteiger partial charge in [-0.15, -0.1) is 0 Å². The average Bonchev–Trinajstić information content (AvgIpc) is 2.80. The molecular weight excluding hydrogens is 378 g/mol. The first-order valence-electron chi connectivity index (χ1n) is 7.53. The minimum absolute atomic E-state index is 0.221. The van der Waals surface area contributed by atoms with Gasteiger partial charge in [0.15, 0.2) is 0 Å². The number of aryl methyl sites for hydroxylation is 2. The standard InChI is InChI=1S/C17H19NO4S3/c1-9-6-11(7-10(2)14(9)19)8-13-15(20)18(17(23)25-13)12(16(21)22)4-5-24-3/h6-8,12,19H,4-5H2,1-3H3,(H,21,22)/p-1/b13-8+/t12-/m1/s1. The fraction of sp³-hybridized carbons (Fsp3) is 0.353. The highest BCUT2D eigenvalue weighted by molar-refractivity contribution is 8.26. The largest absolute Gasteiger partial charge is 0.548 e. The molecule has 0 unspecified atom stereocenters. The number of benzene rings is 1. The summed E-state index contributed by atoms with van der Waals surface area (Å²) in [6.07, 6.45) is 3.81. The third-order valence-electron chi connectivity index (χ3n) is 3.81. The summed E-state index contributed by atoms with van der Waals surface area (Å²) in [6.45, 7) is 3.55. The normalized spacial score (nSPS) is 17.4. The average molecular weight is 397 g/mol. The maximum absolute atomic E-state index is 12.7. The molecule has 1 fully saturated rings. The molecule has 0 spiro atoms. The van der Waals surface area contributed by atoms with Gasteiger partial charge >= 0.3 is 0 Å². The maximum Gasteiger partial charge on any atom is 0.266 e. The lowest BCUT2D eigenvalue weighted by Gasteiger charge is -2.27. The van der Waals surface area contributed by atoms with E-state index in [1.54, 1.807) is 32.1 Å². The molecule has 1 atom stereocenters. The second kappa shape index (κ2) is 8.25. The summed E-state index contributed by atoms with van der Waals surface area (Å²) in [4.78, 5) is 25.6. The van der Waals surface area contributed by atoms with Crippen LogP contribution in [0.25, 0.3) is 6.08 Å². The Kier molecular flexibility index (Phi) is 6.53. The molecule has 1 saturated heterocycles. The van der Waals surface area contributed by atoms with Crippen LogP contribution in [0.4, 0.5) is 0 Å². The van der Waals surface area contributed by atoms with Crippen molar-refractivity contribution in [3.8, 4) is 5.75 Å². The number of amides is 1. The molecule has 0 radical (unpaired) electrons. The summed E-state index contributed by atoms with van der Waals surface area (Å²) in [5.41, 5.74) is 2.16. The summed E-state index contributed by atoms with van der Waals surface area (Å²) >= 11 is 7.80. The summed E-state index contributed by atoms with van der Waals surface area (Å²) in [5, 5.41) is 21.3. The second-order valence-corrected chi connectivity index (χ2v) is 8.33. The van der Waals surface area contributed by atoms with E-state index in [-0.39, 0.29) is 16.5 Å². The van der Waals surface area contributed by atoms with Gasteiger partial charge in [0.2, 0.25) is 0 Å². The molecule has 1 heterocycles. The number of nitrogens with zero attached hydrogens (tertiary/aromatic N) is 1. The zero-order valence-corrected chi connectivity index (χ0v) is 16.5. The van der Waals surface area contributed by atoms with Crippen molar-refractivity contribution < 1.29 is 19.8 Å². The van der Waals surface area contributed by atoms with Crippen molar-refractivity contribution in [2.24, 2.45) is 0 Å². The third-order valence-corrected chi connectivity index (χ3v) is 5.79. The van der Waals surface area contributed by atoms with E-state index in [4.69, 9.17) is 12.2 Å². The van der Waals surface area contributed by atoms with Gasteiger partial charge in [-0.05, 0) is 67.2 Å². The van der Waals surface area contributed by atoms with Crippen molar-refractivity contribution in [3.63, 3.8) is 0 Å². The van der Waals surface area contributed by atoms with Crippen molar-refractivity contribution in [2.45, 2.75) is 26.3 Å². The van der Waals surface area contributed by atoms with E-state index in [9.17, 15) is 19.8 Å². The third kappa shape index (κ3) is 4.37. The van der Waals surface area contributed by atoms with Crippen molar-refractivity contribution in [1.29, 1.82) is 0 Å². The highest BCUT2D eigenvalue weighted by atomic mass is 32.2. The fourth-order valence-electron chi connectivity index (χ4n) is 2.55. The molecule has 0 aromatic heterocycles. The van der Waals surface area contributed by atoms with Crippen LogP contribution in [0.1, 0.15) is 23.1 Å². The quantitative estimate of drug-likeness (QED) is 0.582. The minimum atomic E-state index is -1.30. The first-order valence-corrected chi connectivity index (χ1v) is 10.1. The number of carboxylic acid groups (broad SMARTS) is 1. The van der Waals surface area contributed by atoms with Gasteiger partial charge in [-0.2, -0.15) is 11.8 Å². The molecule has 1 aromatic carbocycles. The van der Waals surface area contributed by atoms with Crippen LogP contribution in [0, 0.1) is 13.8 Å². The lowest BCUT2D eigenvalue weighted by molar-refractivity contribution is -0.310. The molecule has 5 nitrogen and oxygen atoms in total. The van der Waals surface area contributed by atoms with Crippen LogP contribution in [0.5, 0.6) is 5.75 Å². The van der Waals surface area contributed by atoms with Gasteiger partial charge in [-0.1, -0.05) is 24.0 Å². The molecule has 1 amide bonds. The van der Waals surface area contributed by atoms with E-state index in [0.717, 1.165) is 22.2 Å². The number of aliphatic carboxylic acids is 1. The van der Waals surface area contributed by atoms with Gasteiger partial charge in [0.05, 0.1) is 16.9 Å². The summed E-state index contributed by atoms with van der Waals surface area (Å²) in [7, 11) is 0. The van der Waals surface area contributed by atoms with Crippen molar-refractivity contribution in [1.82, 2.24) is 4.90 Å². The Balaban J connectivity index is 2.32. The number of carboxylic acids is 1. The molecule has 1 aliphatic rings. The van der Waals surface area contributed by atoms with E-state index in [1.165, 1.54) is 11.8 Å². The van der Waals surface area contributed by atoms with E-state index in [1.807, 2.05) is 6.26 Å². The second-order valence-electron chi connectivity index (χ2n) is 5.67. The summed E-state index contributed by atoms with van der Waals surface area (Å²) in [6, 6.07) is 2.46. The molecule has 1 aromatic rings. The molecular formula is C17H18NO4S3-. The van der Waals surface area contributed by atoms with Gasteiger partial charge in [0.25, 0.3) is 5.91 Å². The number of carbonyl (C=O) groups is 2. The number of hydrogen-bond donors (Lipinski definition) is 1. The van der Waals surface area contributed by atoms with E-state index < -0.39 is 17.9 Å². The molecule has 1 aliphatic heterocycles. The molecule has 0 bridgehead atoms.